The average molecular weight is 1110 g/mol. The highest BCUT2D eigenvalue weighted by atomic mass is 16.7. The molecule has 1 saturated heterocycles. The Balaban J connectivity index is 2.10. The molecule has 0 aromatic carbocycles. The summed E-state index contributed by atoms with van der Waals surface area (Å²) >= 11 is 0. The van der Waals surface area contributed by atoms with Crippen LogP contribution >= 0.6 is 0 Å². The van der Waals surface area contributed by atoms with Gasteiger partial charge in [-0.1, -0.05) is 297 Å². The Hall–Kier alpha value is -2.89. The maximum Gasteiger partial charge on any atom is 0.220 e. The standard InChI is InChI=1S/C70H123NO8/c1-3-5-7-9-11-13-15-17-19-21-22-23-24-25-26-27-28-29-30-31-32-33-34-35-36-37-38-39-40-41-42-44-46-48-50-52-54-56-58-60-66(74)71-63(62-78-70-69(77)68(76)67(75)65(61-72)79-70)64(73)59-57-55-53-51-49-47-45-43-20-18-16-14-12-10-8-6-4-2/h5,7,11,13,17,19,22-23,25-26,28-29,31-32,57,59,63-65,67-70,72-73,75-77H,3-4,6,8-10,12,14-16,18,20-21,24,27,30,33-56,58,60-62H2,1-2H3,(H,71,74)/b7-5-,13-11-,19-17-,23-22-,26-25-,29-28-,32-31-,59-57+. The molecule has 0 aromatic heterocycles. The van der Waals surface area contributed by atoms with Gasteiger partial charge < -0.3 is 40.3 Å². The summed E-state index contributed by atoms with van der Waals surface area (Å²) in [5.41, 5.74) is 0. The van der Waals surface area contributed by atoms with Crippen molar-refractivity contribution in [3.63, 3.8) is 0 Å². The van der Waals surface area contributed by atoms with Gasteiger partial charge in [-0.25, -0.2) is 0 Å². The van der Waals surface area contributed by atoms with Crippen LogP contribution < -0.4 is 5.32 Å². The SMILES string of the molecule is CC/C=C\C/C=C\C/C=C\C/C=C\C/C=C\C/C=C\C/C=C\CCCCCCCCCCCCCCCCCCCC(=O)NC(COC1OC(CO)C(O)C(O)C1O)C(O)/C=C/CCCCCCCCCCCCCCCCC. The van der Waals surface area contributed by atoms with Crippen LogP contribution in [-0.4, -0.2) is 87.5 Å². The highest BCUT2D eigenvalue weighted by molar-refractivity contribution is 5.76. The number of aliphatic hydroxyl groups excluding tert-OH is 5. The average Bonchev–Trinajstić information content (AvgIpc) is 3.48. The highest BCUT2D eigenvalue weighted by Gasteiger charge is 2.44. The van der Waals surface area contributed by atoms with E-state index in [1.807, 2.05) is 6.08 Å². The molecule has 9 nitrogen and oxygen atoms in total. The van der Waals surface area contributed by atoms with Crippen molar-refractivity contribution in [3.8, 4) is 0 Å². The van der Waals surface area contributed by atoms with Gasteiger partial charge in [0, 0.05) is 6.42 Å². The van der Waals surface area contributed by atoms with Gasteiger partial charge in [-0.15, -0.1) is 0 Å². The third kappa shape index (κ3) is 47.3. The van der Waals surface area contributed by atoms with Crippen LogP contribution in [0.1, 0.15) is 284 Å². The molecular weight excluding hydrogens is 983 g/mol. The molecule has 1 aliphatic rings. The number of aliphatic hydroxyl groups is 5. The fraction of sp³-hybridized carbons (Fsp3) is 0.757. The number of carbonyl (C=O) groups excluding carboxylic acids is 1. The Morgan fingerprint density at radius 3 is 1.16 bits per heavy atom. The molecule has 0 radical (unpaired) electrons. The lowest BCUT2D eigenvalue weighted by Crippen LogP contribution is -2.60. The summed E-state index contributed by atoms with van der Waals surface area (Å²) in [6.07, 6.45) is 77.8. The molecule has 9 heteroatoms. The van der Waals surface area contributed by atoms with Gasteiger partial charge in [0.1, 0.15) is 24.4 Å². The molecular formula is C70H123NO8. The van der Waals surface area contributed by atoms with Crippen molar-refractivity contribution in [1.29, 1.82) is 0 Å². The first kappa shape index (κ1) is 74.1. The second-order valence-electron chi connectivity index (χ2n) is 22.5. The Morgan fingerprint density at radius 1 is 0.443 bits per heavy atom. The Labute approximate surface area is 485 Å². The van der Waals surface area contributed by atoms with Crippen LogP contribution in [0.2, 0.25) is 0 Å². The maximum atomic E-state index is 13.1. The zero-order valence-electron chi connectivity index (χ0n) is 50.9. The number of unbranched alkanes of at least 4 members (excludes halogenated alkanes) is 32. The molecule has 0 aromatic rings. The molecule has 0 spiro atoms. The van der Waals surface area contributed by atoms with Crippen LogP contribution in [0.4, 0.5) is 0 Å². The van der Waals surface area contributed by atoms with Crippen molar-refractivity contribution >= 4 is 5.91 Å². The number of hydrogen-bond acceptors (Lipinski definition) is 8. The molecule has 1 rings (SSSR count). The first-order valence-electron chi connectivity index (χ1n) is 33.0. The predicted molar refractivity (Wildman–Crippen MR) is 336 cm³/mol. The Morgan fingerprint density at radius 2 is 0.785 bits per heavy atom. The van der Waals surface area contributed by atoms with Gasteiger partial charge >= 0.3 is 0 Å². The minimum absolute atomic E-state index is 0.176. The molecule has 0 bridgehead atoms. The van der Waals surface area contributed by atoms with Gasteiger partial charge in [-0.2, -0.15) is 0 Å². The highest BCUT2D eigenvalue weighted by Crippen LogP contribution is 2.23. The quantitative estimate of drug-likeness (QED) is 0.0261. The zero-order valence-corrected chi connectivity index (χ0v) is 50.9. The van der Waals surface area contributed by atoms with E-state index in [1.54, 1.807) is 6.08 Å². The van der Waals surface area contributed by atoms with Crippen molar-refractivity contribution in [3.05, 3.63) is 97.2 Å². The number of ether oxygens (including phenoxy) is 2. The second-order valence-corrected chi connectivity index (χ2v) is 22.5. The van der Waals surface area contributed by atoms with Gasteiger partial charge in [0.05, 0.1) is 25.4 Å². The van der Waals surface area contributed by atoms with Crippen LogP contribution in [0.15, 0.2) is 97.2 Å². The third-order valence-corrected chi connectivity index (χ3v) is 15.2. The van der Waals surface area contributed by atoms with Crippen molar-refractivity contribution < 1.29 is 39.8 Å². The smallest absolute Gasteiger partial charge is 0.220 e. The topological polar surface area (TPSA) is 149 Å². The Bertz CT molecular complexity index is 1560. The molecule has 1 heterocycles. The molecule has 0 aliphatic carbocycles. The molecule has 7 atom stereocenters. The Kier molecular flexibility index (Phi) is 54.7. The van der Waals surface area contributed by atoms with E-state index >= 15 is 0 Å². The minimum atomic E-state index is -1.57. The van der Waals surface area contributed by atoms with Crippen LogP contribution in [0.5, 0.6) is 0 Å². The summed E-state index contributed by atoms with van der Waals surface area (Å²) in [4.78, 5) is 13.1. The predicted octanol–water partition coefficient (Wildman–Crippen LogP) is 17.5. The lowest BCUT2D eigenvalue weighted by Gasteiger charge is -2.40. The summed E-state index contributed by atoms with van der Waals surface area (Å²) in [6, 6.07) is -0.808. The summed E-state index contributed by atoms with van der Waals surface area (Å²) in [5.74, 6) is -0.176. The van der Waals surface area contributed by atoms with Crippen LogP contribution in [0.25, 0.3) is 0 Å². The number of rotatable bonds is 56. The van der Waals surface area contributed by atoms with E-state index in [1.165, 1.54) is 180 Å². The molecule has 1 amide bonds. The molecule has 456 valence electrons. The molecule has 1 fully saturated rings. The monoisotopic (exact) mass is 1110 g/mol. The fourth-order valence-electron chi connectivity index (χ4n) is 10.0. The van der Waals surface area contributed by atoms with E-state index in [2.05, 4.69) is 104 Å². The number of amides is 1. The zero-order chi connectivity index (χ0) is 57.2. The summed E-state index contributed by atoms with van der Waals surface area (Å²) in [5, 5.41) is 54.6. The van der Waals surface area contributed by atoms with Crippen LogP contribution in [0, 0.1) is 0 Å². The van der Waals surface area contributed by atoms with Crippen LogP contribution in [0.3, 0.4) is 0 Å². The minimum Gasteiger partial charge on any atom is -0.394 e. The third-order valence-electron chi connectivity index (χ3n) is 15.2. The second kappa shape index (κ2) is 58.3. The maximum absolute atomic E-state index is 13.1. The molecule has 1 aliphatic heterocycles. The lowest BCUT2D eigenvalue weighted by atomic mass is 9.99. The normalized spacial score (nSPS) is 19.2. The molecule has 6 N–H and O–H groups in total. The van der Waals surface area contributed by atoms with Crippen molar-refractivity contribution in [2.75, 3.05) is 13.2 Å². The van der Waals surface area contributed by atoms with Crippen LogP contribution in [-0.2, 0) is 14.3 Å². The fourth-order valence-corrected chi connectivity index (χ4v) is 10.0. The van der Waals surface area contributed by atoms with Gasteiger partial charge in [-0.3, -0.25) is 4.79 Å². The van der Waals surface area contributed by atoms with E-state index in [0.29, 0.717) is 6.42 Å². The van der Waals surface area contributed by atoms with E-state index in [4.69, 9.17) is 9.47 Å². The summed E-state index contributed by atoms with van der Waals surface area (Å²) in [7, 11) is 0. The van der Waals surface area contributed by atoms with Crippen molar-refractivity contribution in [2.45, 2.75) is 326 Å². The first-order valence-corrected chi connectivity index (χ1v) is 33.0. The molecule has 7 unspecified atom stereocenters. The largest absolute Gasteiger partial charge is 0.394 e. The number of allylic oxidation sites excluding steroid dienone is 15. The van der Waals surface area contributed by atoms with E-state index in [0.717, 1.165) is 83.5 Å². The number of carbonyl (C=O) groups is 1. The first-order chi connectivity index (χ1) is 38.8. The van der Waals surface area contributed by atoms with E-state index in [9.17, 15) is 30.3 Å². The van der Waals surface area contributed by atoms with E-state index < -0.39 is 49.5 Å². The van der Waals surface area contributed by atoms with Gasteiger partial charge in [-0.05, 0) is 77.0 Å². The lowest BCUT2D eigenvalue weighted by molar-refractivity contribution is -0.302. The molecule has 79 heavy (non-hydrogen) atoms. The summed E-state index contributed by atoms with van der Waals surface area (Å²) < 4.78 is 11.3. The van der Waals surface area contributed by atoms with Gasteiger partial charge in [0.15, 0.2) is 6.29 Å². The van der Waals surface area contributed by atoms with Gasteiger partial charge in [0.25, 0.3) is 0 Å². The van der Waals surface area contributed by atoms with Crippen molar-refractivity contribution in [2.24, 2.45) is 0 Å². The number of hydrogen-bond donors (Lipinski definition) is 6. The number of nitrogens with one attached hydrogen (secondary N) is 1. The molecule has 0 saturated carbocycles. The van der Waals surface area contributed by atoms with Crippen molar-refractivity contribution in [1.82, 2.24) is 5.32 Å². The van der Waals surface area contributed by atoms with Gasteiger partial charge in [0.2, 0.25) is 5.91 Å². The summed E-state index contributed by atoms with van der Waals surface area (Å²) in [6.45, 7) is 3.68. The van der Waals surface area contributed by atoms with E-state index in [-0.39, 0.29) is 12.5 Å².